The highest BCUT2D eigenvalue weighted by Crippen LogP contribution is 2.37. The zero-order valence-corrected chi connectivity index (χ0v) is 17.7. The number of rotatable bonds is 6. The van der Waals surface area contributed by atoms with E-state index in [2.05, 4.69) is 28.5 Å². The number of amides is 1. The van der Waals surface area contributed by atoms with Gasteiger partial charge in [-0.3, -0.25) is 4.79 Å². The number of hydrogen-bond donors (Lipinski definition) is 2. The molecular weight excluding hydrogens is 408 g/mol. The number of thiophene rings is 2. The van der Waals surface area contributed by atoms with Gasteiger partial charge in [0.25, 0.3) is 0 Å². The van der Waals surface area contributed by atoms with Crippen molar-refractivity contribution in [3.63, 3.8) is 0 Å². The molecule has 0 unspecified atom stereocenters. The topological polar surface area (TPSA) is 81.6 Å². The normalized spacial score (nSPS) is 15.8. The Morgan fingerprint density at radius 2 is 1.93 bits per heavy atom. The maximum atomic E-state index is 12.5. The van der Waals surface area contributed by atoms with Crippen LogP contribution < -0.4 is 5.32 Å². The molecule has 0 saturated heterocycles. The molecule has 3 aromatic rings. The van der Waals surface area contributed by atoms with Crippen LogP contribution in [-0.2, 0) is 4.79 Å². The van der Waals surface area contributed by atoms with Crippen LogP contribution in [0.4, 0.5) is 0 Å². The van der Waals surface area contributed by atoms with Gasteiger partial charge in [-0.25, -0.2) is 4.98 Å². The highest BCUT2D eigenvalue weighted by Gasteiger charge is 2.33. The molecule has 1 amide bonds. The SMILES string of the molecule is N#CC1(NC(=O)CSc2nc(-c3cccs3)c(-c3cccs3)[nH]2)CCCCC1. The summed E-state index contributed by atoms with van der Waals surface area (Å²) in [6.45, 7) is 0. The molecule has 144 valence electrons. The van der Waals surface area contributed by atoms with Gasteiger partial charge in [-0.05, 0) is 35.7 Å². The Balaban J connectivity index is 1.47. The second-order valence-corrected chi connectivity index (χ2v) is 9.67. The zero-order chi connectivity index (χ0) is 19.4. The molecule has 2 N–H and O–H groups in total. The molecule has 3 aromatic heterocycles. The lowest BCUT2D eigenvalue weighted by Crippen LogP contribution is -2.49. The molecular formula is C20H20N4OS3. The fourth-order valence-electron chi connectivity index (χ4n) is 3.47. The molecule has 0 atom stereocenters. The Bertz CT molecular complexity index is 912. The van der Waals surface area contributed by atoms with E-state index in [-0.39, 0.29) is 11.7 Å². The molecule has 1 saturated carbocycles. The second kappa shape index (κ2) is 8.52. The molecule has 5 nitrogen and oxygen atoms in total. The molecule has 3 heterocycles. The fourth-order valence-corrected chi connectivity index (χ4v) is 5.58. The highest BCUT2D eigenvalue weighted by molar-refractivity contribution is 7.99. The lowest BCUT2D eigenvalue weighted by atomic mass is 9.83. The number of nitrogens with one attached hydrogen (secondary N) is 2. The van der Waals surface area contributed by atoms with Gasteiger partial charge in [0.2, 0.25) is 5.91 Å². The number of aromatic nitrogens is 2. The van der Waals surface area contributed by atoms with Crippen molar-refractivity contribution < 1.29 is 4.79 Å². The van der Waals surface area contributed by atoms with E-state index in [1.807, 2.05) is 22.9 Å². The molecule has 0 aromatic carbocycles. The molecule has 0 bridgehead atoms. The van der Waals surface area contributed by atoms with Crippen molar-refractivity contribution in [1.82, 2.24) is 15.3 Å². The number of carbonyl (C=O) groups is 1. The standard InChI is InChI=1S/C20H20N4OS3/c21-13-20(8-2-1-3-9-20)24-16(25)12-28-19-22-17(14-6-4-10-26-14)18(23-19)15-7-5-11-27-15/h4-7,10-11H,1-3,8-9,12H2,(H,22,23)(H,24,25). The van der Waals surface area contributed by atoms with E-state index in [4.69, 9.17) is 4.98 Å². The third kappa shape index (κ3) is 4.17. The minimum Gasteiger partial charge on any atom is -0.337 e. The molecule has 0 aliphatic heterocycles. The van der Waals surface area contributed by atoms with E-state index < -0.39 is 5.54 Å². The van der Waals surface area contributed by atoms with Gasteiger partial charge in [0.15, 0.2) is 5.16 Å². The summed E-state index contributed by atoms with van der Waals surface area (Å²) >= 11 is 4.69. The number of imidazole rings is 1. The number of aromatic amines is 1. The minimum absolute atomic E-state index is 0.111. The Morgan fingerprint density at radius 3 is 2.57 bits per heavy atom. The summed E-state index contributed by atoms with van der Waals surface area (Å²) in [7, 11) is 0. The molecule has 1 aliphatic rings. The van der Waals surface area contributed by atoms with Crippen molar-refractivity contribution in [2.75, 3.05) is 5.75 Å². The van der Waals surface area contributed by atoms with Crippen LogP contribution in [0.25, 0.3) is 21.1 Å². The van der Waals surface area contributed by atoms with Crippen molar-refractivity contribution in [3.8, 4) is 27.2 Å². The number of carbonyl (C=O) groups excluding carboxylic acids is 1. The first-order valence-electron chi connectivity index (χ1n) is 9.22. The first-order chi connectivity index (χ1) is 13.7. The summed E-state index contributed by atoms with van der Waals surface area (Å²) in [5.74, 6) is 0.130. The van der Waals surface area contributed by atoms with Crippen molar-refractivity contribution in [2.24, 2.45) is 0 Å². The Kier molecular flexibility index (Phi) is 5.85. The number of thioether (sulfide) groups is 1. The van der Waals surface area contributed by atoms with Gasteiger partial charge >= 0.3 is 0 Å². The van der Waals surface area contributed by atoms with Crippen molar-refractivity contribution in [2.45, 2.75) is 42.8 Å². The average Bonchev–Trinajstić information content (AvgIpc) is 3.48. The Labute approximate surface area is 176 Å². The van der Waals surface area contributed by atoms with E-state index in [0.717, 1.165) is 58.4 Å². The molecule has 0 radical (unpaired) electrons. The molecule has 1 aliphatic carbocycles. The van der Waals surface area contributed by atoms with Gasteiger partial charge in [0.05, 0.1) is 27.3 Å². The van der Waals surface area contributed by atoms with Gasteiger partial charge in [-0.2, -0.15) is 5.26 Å². The van der Waals surface area contributed by atoms with Gasteiger partial charge in [-0.1, -0.05) is 43.2 Å². The van der Waals surface area contributed by atoms with Crippen molar-refractivity contribution >= 4 is 40.3 Å². The first kappa shape index (κ1) is 19.2. The number of nitrogens with zero attached hydrogens (tertiary/aromatic N) is 2. The molecule has 4 rings (SSSR count). The summed E-state index contributed by atoms with van der Waals surface area (Å²) in [5.41, 5.74) is 1.21. The maximum absolute atomic E-state index is 12.5. The van der Waals surface area contributed by atoms with Gasteiger partial charge in [-0.15, -0.1) is 22.7 Å². The monoisotopic (exact) mass is 428 g/mol. The quantitative estimate of drug-likeness (QED) is 0.522. The van der Waals surface area contributed by atoms with E-state index in [0.29, 0.717) is 0 Å². The van der Waals surface area contributed by atoms with Gasteiger partial charge in [0.1, 0.15) is 11.2 Å². The van der Waals surface area contributed by atoms with Crippen LogP contribution in [0.2, 0.25) is 0 Å². The average molecular weight is 429 g/mol. The summed E-state index contributed by atoms with van der Waals surface area (Å²) < 4.78 is 0. The third-order valence-electron chi connectivity index (χ3n) is 4.84. The van der Waals surface area contributed by atoms with Crippen molar-refractivity contribution in [3.05, 3.63) is 35.0 Å². The molecule has 0 spiro atoms. The lowest BCUT2D eigenvalue weighted by Gasteiger charge is -2.31. The minimum atomic E-state index is -0.691. The lowest BCUT2D eigenvalue weighted by molar-refractivity contribution is -0.120. The van der Waals surface area contributed by atoms with E-state index in [1.54, 1.807) is 22.7 Å². The Hall–Kier alpha value is -2.08. The predicted molar refractivity (Wildman–Crippen MR) is 116 cm³/mol. The van der Waals surface area contributed by atoms with Crippen LogP contribution in [0.3, 0.4) is 0 Å². The smallest absolute Gasteiger partial charge is 0.231 e. The van der Waals surface area contributed by atoms with Gasteiger partial charge in [0, 0.05) is 0 Å². The predicted octanol–water partition coefficient (Wildman–Crippen LogP) is 5.30. The van der Waals surface area contributed by atoms with Crippen LogP contribution in [-0.4, -0.2) is 27.2 Å². The summed E-state index contributed by atoms with van der Waals surface area (Å²) in [6.07, 6.45) is 4.61. The molecule has 1 fully saturated rings. The van der Waals surface area contributed by atoms with E-state index >= 15 is 0 Å². The highest BCUT2D eigenvalue weighted by atomic mass is 32.2. The largest absolute Gasteiger partial charge is 0.337 e. The maximum Gasteiger partial charge on any atom is 0.231 e. The first-order valence-corrected chi connectivity index (χ1v) is 12.0. The van der Waals surface area contributed by atoms with Crippen LogP contribution in [0.15, 0.2) is 40.2 Å². The number of H-pyrrole nitrogens is 1. The van der Waals surface area contributed by atoms with E-state index in [1.165, 1.54) is 11.8 Å². The number of hydrogen-bond acceptors (Lipinski definition) is 6. The zero-order valence-electron chi connectivity index (χ0n) is 15.2. The third-order valence-corrected chi connectivity index (χ3v) is 7.48. The van der Waals surface area contributed by atoms with Gasteiger partial charge < -0.3 is 10.3 Å². The van der Waals surface area contributed by atoms with Crippen LogP contribution in [0.1, 0.15) is 32.1 Å². The van der Waals surface area contributed by atoms with E-state index in [9.17, 15) is 10.1 Å². The second-order valence-electron chi connectivity index (χ2n) is 6.81. The van der Waals surface area contributed by atoms with Crippen LogP contribution >= 0.6 is 34.4 Å². The summed E-state index contributed by atoms with van der Waals surface area (Å²) in [6, 6.07) is 10.5. The Morgan fingerprint density at radius 1 is 1.21 bits per heavy atom. The number of nitriles is 1. The summed E-state index contributed by atoms with van der Waals surface area (Å²) in [5, 5.41) is 17.3. The summed E-state index contributed by atoms with van der Waals surface area (Å²) in [4.78, 5) is 22.8. The fraction of sp³-hybridized carbons (Fsp3) is 0.350. The van der Waals surface area contributed by atoms with Crippen LogP contribution in [0.5, 0.6) is 0 Å². The van der Waals surface area contributed by atoms with Crippen LogP contribution in [0, 0.1) is 11.3 Å². The van der Waals surface area contributed by atoms with Crippen molar-refractivity contribution in [1.29, 1.82) is 5.26 Å². The molecule has 8 heteroatoms. The molecule has 28 heavy (non-hydrogen) atoms.